The summed E-state index contributed by atoms with van der Waals surface area (Å²) in [6.07, 6.45) is 11.5. The molecule has 2 bridgehead atoms. The van der Waals surface area contributed by atoms with Gasteiger partial charge in [0.05, 0.1) is 24.5 Å². The average molecular weight is 441 g/mol. The molecular weight excluding hydrogens is 404 g/mol. The van der Waals surface area contributed by atoms with Crippen molar-refractivity contribution >= 4 is 29.5 Å². The van der Waals surface area contributed by atoms with Crippen molar-refractivity contribution in [3.8, 4) is 0 Å². The lowest BCUT2D eigenvalue weighted by Gasteiger charge is -2.27. The summed E-state index contributed by atoms with van der Waals surface area (Å²) in [6.45, 7) is 2.71. The molecule has 3 N–H and O–H groups in total. The number of fused-ring (bicyclic) bond motifs is 2. The maximum absolute atomic E-state index is 12.1. The highest BCUT2D eigenvalue weighted by Gasteiger charge is 2.47. The van der Waals surface area contributed by atoms with E-state index < -0.39 is 5.97 Å². The van der Waals surface area contributed by atoms with E-state index in [1.165, 1.54) is 0 Å². The summed E-state index contributed by atoms with van der Waals surface area (Å²) in [6, 6.07) is 0. The van der Waals surface area contributed by atoms with Crippen LogP contribution >= 0.6 is 11.8 Å². The van der Waals surface area contributed by atoms with E-state index in [1.54, 1.807) is 11.8 Å². The number of ether oxygens (including phenoxy) is 1. The van der Waals surface area contributed by atoms with Gasteiger partial charge in [0, 0.05) is 18.9 Å². The molecule has 2 rings (SSSR count). The summed E-state index contributed by atoms with van der Waals surface area (Å²) in [7, 11) is 0. The van der Waals surface area contributed by atoms with Crippen molar-refractivity contribution in [2.24, 2.45) is 11.8 Å². The largest absolute Gasteiger partial charge is 0.481 e. The van der Waals surface area contributed by atoms with Crippen molar-refractivity contribution in [2.45, 2.75) is 70.5 Å². The fourth-order valence-corrected chi connectivity index (χ4v) is 5.08. The van der Waals surface area contributed by atoms with E-state index in [-0.39, 0.29) is 42.9 Å². The zero-order chi connectivity index (χ0) is 21.8. The third-order valence-electron chi connectivity index (χ3n) is 5.78. The van der Waals surface area contributed by atoms with Crippen LogP contribution in [0.25, 0.3) is 0 Å². The fraction of sp³-hybridized carbons (Fsp3) is 0.773. The second kappa shape index (κ2) is 13.7. The maximum Gasteiger partial charge on any atom is 0.303 e. The molecule has 2 amide bonds. The summed E-state index contributed by atoms with van der Waals surface area (Å²) in [5, 5.41) is 14.3. The van der Waals surface area contributed by atoms with E-state index in [0.717, 1.165) is 44.3 Å². The van der Waals surface area contributed by atoms with Gasteiger partial charge in [-0.2, -0.15) is 11.8 Å². The molecular formula is C22H36N2O5S. The first-order valence-corrected chi connectivity index (χ1v) is 12.3. The Hall–Kier alpha value is -1.54. The number of carbonyl (C=O) groups excluding carboxylic acids is 2. The molecule has 2 aliphatic heterocycles. The van der Waals surface area contributed by atoms with Crippen LogP contribution in [0.2, 0.25) is 0 Å². The zero-order valence-electron chi connectivity index (χ0n) is 17.9. The minimum absolute atomic E-state index is 0.0169. The number of rotatable bonds is 15. The molecule has 30 heavy (non-hydrogen) atoms. The number of unbranched alkanes of at least 4 members (excludes halogenated alkanes) is 2. The minimum Gasteiger partial charge on any atom is -0.481 e. The molecule has 2 saturated heterocycles. The Morgan fingerprint density at radius 3 is 2.57 bits per heavy atom. The normalized spacial score (nSPS) is 25.0. The second-order valence-corrected chi connectivity index (χ2v) is 9.20. The van der Waals surface area contributed by atoms with E-state index in [2.05, 4.69) is 29.7 Å². The number of carboxylic acids is 1. The fourth-order valence-electron chi connectivity index (χ4n) is 4.16. The monoisotopic (exact) mass is 440 g/mol. The van der Waals surface area contributed by atoms with Crippen LogP contribution in [0, 0.1) is 11.8 Å². The van der Waals surface area contributed by atoms with Gasteiger partial charge in [0.2, 0.25) is 11.8 Å². The smallest absolute Gasteiger partial charge is 0.303 e. The van der Waals surface area contributed by atoms with Gasteiger partial charge in [0.25, 0.3) is 0 Å². The van der Waals surface area contributed by atoms with Gasteiger partial charge in [-0.3, -0.25) is 14.4 Å². The van der Waals surface area contributed by atoms with E-state index in [4.69, 9.17) is 9.84 Å². The molecule has 0 radical (unpaired) electrons. The zero-order valence-corrected chi connectivity index (χ0v) is 18.8. The molecule has 0 aromatic carbocycles. The third-order valence-corrected chi connectivity index (χ3v) is 6.83. The SMILES string of the molecule is CCCCSCC(=O)NCC(=O)NC[C@@H]1[C@H](CC=CCCCC(=O)O)[C@@H]2CC[C@H]1O2. The first kappa shape index (κ1) is 24.7. The van der Waals surface area contributed by atoms with Gasteiger partial charge in [-0.05, 0) is 50.2 Å². The van der Waals surface area contributed by atoms with Gasteiger partial charge in [0.1, 0.15) is 0 Å². The molecule has 2 heterocycles. The number of allylic oxidation sites excluding steroid dienone is 2. The van der Waals surface area contributed by atoms with Gasteiger partial charge >= 0.3 is 5.97 Å². The van der Waals surface area contributed by atoms with Crippen molar-refractivity contribution in [1.82, 2.24) is 10.6 Å². The highest BCUT2D eigenvalue weighted by molar-refractivity contribution is 7.99. The van der Waals surface area contributed by atoms with Gasteiger partial charge in [0.15, 0.2) is 0 Å². The number of thioether (sulfide) groups is 1. The minimum atomic E-state index is -0.757. The second-order valence-electron chi connectivity index (χ2n) is 8.10. The molecule has 0 spiro atoms. The molecule has 7 nitrogen and oxygen atoms in total. The van der Waals surface area contributed by atoms with Crippen molar-refractivity contribution in [3.05, 3.63) is 12.2 Å². The summed E-state index contributed by atoms with van der Waals surface area (Å²) >= 11 is 1.60. The van der Waals surface area contributed by atoms with Crippen LogP contribution in [-0.2, 0) is 19.1 Å². The van der Waals surface area contributed by atoms with Crippen molar-refractivity contribution in [1.29, 1.82) is 0 Å². The van der Waals surface area contributed by atoms with Crippen LogP contribution in [0.4, 0.5) is 0 Å². The summed E-state index contributed by atoms with van der Waals surface area (Å²) in [5.41, 5.74) is 0. The molecule has 0 aromatic heterocycles. The molecule has 0 saturated carbocycles. The van der Waals surface area contributed by atoms with E-state index in [0.29, 0.717) is 24.6 Å². The van der Waals surface area contributed by atoms with Crippen LogP contribution in [-0.4, -0.2) is 59.7 Å². The summed E-state index contributed by atoms with van der Waals surface area (Å²) in [4.78, 5) is 34.5. The van der Waals surface area contributed by atoms with Crippen molar-refractivity contribution in [2.75, 3.05) is 24.6 Å². The lowest BCUT2D eigenvalue weighted by Crippen LogP contribution is -2.42. The first-order valence-electron chi connectivity index (χ1n) is 11.1. The Balaban J connectivity index is 1.66. The standard InChI is InChI=1S/C22H36N2O5S/c1-2-3-12-30-15-21(26)24-14-20(25)23-13-17-16(18-10-11-19(17)29-18)8-6-4-5-7-9-22(27)28/h4,6,16-19H,2-3,5,7-15H2,1H3,(H,23,25)(H,24,26)(H,27,28)/t16-,17+,18-,19+/m0/s1. The number of carboxylic acid groups (broad SMARTS) is 1. The quantitative estimate of drug-likeness (QED) is 0.267. The Kier molecular flexibility index (Phi) is 11.3. The van der Waals surface area contributed by atoms with Crippen LogP contribution in [0.5, 0.6) is 0 Å². The van der Waals surface area contributed by atoms with Gasteiger partial charge in [-0.25, -0.2) is 0 Å². The summed E-state index contributed by atoms with van der Waals surface area (Å²) in [5.74, 6) is 1.02. The van der Waals surface area contributed by atoms with Crippen LogP contribution in [0.15, 0.2) is 12.2 Å². The average Bonchev–Trinajstić information content (AvgIpc) is 3.32. The van der Waals surface area contributed by atoms with Gasteiger partial charge in [-0.1, -0.05) is 25.5 Å². The van der Waals surface area contributed by atoms with Gasteiger partial charge < -0.3 is 20.5 Å². The molecule has 0 aromatic rings. The lowest BCUT2D eigenvalue weighted by atomic mass is 9.77. The van der Waals surface area contributed by atoms with Crippen LogP contribution in [0.3, 0.4) is 0 Å². The molecule has 4 atom stereocenters. The molecule has 0 unspecified atom stereocenters. The highest BCUT2D eigenvalue weighted by Crippen LogP contribution is 2.44. The molecule has 170 valence electrons. The lowest BCUT2D eigenvalue weighted by molar-refractivity contribution is -0.137. The summed E-state index contributed by atoms with van der Waals surface area (Å²) < 4.78 is 6.07. The Labute approximate surface area is 183 Å². The topological polar surface area (TPSA) is 105 Å². The van der Waals surface area contributed by atoms with Crippen LogP contribution < -0.4 is 10.6 Å². The first-order chi connectivity index (χ1) is 14.5. The van der Waals surface area contributed by atoms with E-state index in [1.807, 2.05) is 0 Å². The number of hydrogen-bond donors (Lipinski definition) is 3. The Morgan fingerprint density at radius 1 is 1.07 bits per heavy atom. The number of nitrogens with one attached hydrogen (secondary N) is 2. The van der Waals surface area contributed by atoms with Crippen molar-refractivity contribution in [3.63, 3.8) is 0 Å². The maximum atomic E-state index is 12.1. The Bertz CT molecular complexity index is 598. The number of carbonyl (C=O) groups is 3. The number of hydrogen-bond acceptors (Lipinski definition) is 5. The molecule has 0 aliphatic carbocycles. The third kappa shape index (κ3) is 8.68. The van der Waals surface area contributed by atoms with Crippen LogP contribution in [0.1, 0.15) is 58.3 Å². The highest BCUT2D eigenvalue weighted by atomic mass is 32.2. The van der Waals surface area contributed by atoms with Crippen molar-refractivity contribution < 1.29 is 24.2 Å². The predicted octanol–water partition coefficient (Wildman–Crippen LogP) is 2.75. The number of aliphatic carboxylic acids is 1. The Morgan fingerprint density at radius 2 is 1.83 bits per heavy atom. The molecule has 2 aliphatic rings. The van der Waals surface area contributed by atoms with E-state index >= 15 is 0 Å². The molecule has 8 heteroatoms. The predicted molar refractivity (Wildman–Crippen MR) is 118 cm³/mol. The van der Waals surface area contributed by atoms with Gasteiger partial charge in [-0.15, -0.1) is 0 Å². The molecule has 2 fully saturated rings. The number of amides is 2. The van der Waals surface area contributed by atoms with E-state index in [9.17, 15) is 14.4 Å².